The Balaban J connectivity index is 1.56. The topological polar surface area (TPSA) is 111 Å². The van der Waals surface area contributed by atoms with E-state index in [1.807, 2.05) is 36.6 Å². The van der Waals surface area contributed by atoms with Crippen LogP contribution in [0.3, 0.4) is 0 Å². The van der Waals surface area contributed by atoms with Crippen molar-refractivity contribution in [3.63, 3.8) is 0 Å². The molecule has 142 valence electrons. The summed E-state index contributed by atoms with van der Waals surface area (Å²) in [6.07, 6.45) is 0. The smallest absolute Gasteiger partial charge is 0.338 e. The number of hydrogen-bond donors (Lipinski definition) is 1. The van der Waals surface area contributed by atoms with Crippen molar-refractivity contribution in [3.8, 4) is 11.3 Å². The summed E-state index contributed by atoms with van der Waals surface area (Å²) in [5.74, 6) is -1.37. The first kappa shape index (κ1) is 19.2. The lowest BCUT2D eigenvalue weighted by molar-refractivity contribution is -0.384. The van der Waals surface area contributed by atoms with Gasteiger partial charge in [-0.05, 0) is 13.0 Å². The number of esters is 1. The highest BCUT2D eigenvalue weighted by Crippen LogP contribution is 2.25. The van der Waals surface area contributed by atoms with Crippen LogP contribution < -0.4 is 5.32 Å². The van der Waals surface area contributed by atoms with E-state index >= 15 is 0 Å². The molecule has 0 aliphatic rings. The van der Waals surface area contributed by atoms with E-state index < -0.39 is 23.4 Å². The van der Waals surface area contributed by atoms with Crippen molar-refractivity contribution in [2.75, 3.05) is 11.9 Å². The van der Waals surface area contributed by atoms with E-state index in [1.54, 1.807) is 0 Å². The third-order valence-corrected chi connectivity index (χ3v) is 4.48. The minimum atomic E-state index is -0.821. The van der Waals surface area contributed by atoms with Gasteiger partial charge in [0.25, 0.3) is 11.6 Å². The number of benzene rings is 2. The van der Waals surface area contributed by atoms with Crippen molar-refractivity contribution in [1.29, 1.82) is 0 Å². The summed E-state index contributed by atoms with van der Waals surface area (Å²) >= 11 is 1.25. The number of amides is 1. The van der Waals surface area contributed by atoms with E-state index in [4.69, 9.17) is 4.74 Å². The maximum absolute atomic E-state index is 12.0. The molecule has 0 aliphatic heterocycles. The number of carbonyl (C=O) groups excluding carboxylic acids is 2. The number of aryl methyl sites for hydroxylation is 1. The minimum Gasteiger partial charge on any atom is -0.452 e. The van der Waals surface area contributed by atoms with Gasteiger partial charge in [-0.15, -0.1) is 11.3 Å². The molecule has 0 unspecified atom stereocenters. The monoisotopic (exact) mass is 397 g/mol. The summed E-state index contributed by atoms with van der Waals surface area (Å²) in [5.41, 5.74) is 2.56. The summed E-state index contributed by atoms with van der Waals surface area (Å²) < 4.78 is 4.90. The van der Waals surface area contributed by atoms with E-state index in [9.17, 15) is 19.7 Å². The largest absolute Gasteiger partial charge is 0.452 e. The number of nitrogens with one attached hydrogen (secondary N) is 1. The molecule has 9 heteroatoms. The number of thiazole rings is 1. The van der Waals surface area contributed by atoms with Crippen LogP contribution in [0.25, 0.3) is 11.3 Å². The van der Waals surface area contributed by atoms with Gasteiger partial charge in [0, 0.05) is 23.1 Å². The number of non-ortho nitro benzene ring substituents is 1. The zero-order chi connectivity index (χ0) is 20.1. The fourth-order valence-electron chi connectivity index (χ4n) is 2.30. The number of nitrogens with zero attached hydrogens (tertiary/aromatic N) is 2. The Labute approximate surface area is 164 Å². The van der Waals surface area contributed by atoms with Gasteiger partial charge in [-0.2, -0.15) is 0 Å². The van der Waals surface area contributed by atoms with E-state index in [1.165, 1.54) is 29.5 Å². The molecule has 2 aromatic carbocycles. The lowest BCUT2D eigenvalue weighted by Crippen LogP contribution is -2.20. The first-order valence-corrected chi connectivity index (χ1v) is 9.04. The van der Waals surface area contributed by atoms with Gasteiger partial charge in [0.15, 0.2) is 11.7 Å². The molecular weight excluding hydrogens is 382 g/mol. The van der Waals surface area contributed by atoms with Crippen molar-refractivity contribution >= 4 is 34.0 Å². The van der Waals surface area contributed by atoms with Crippen molar-refractivity contribution in [3.05, 3.63) is 75.2 Å². The van der Waals surface area contributed by atoms with Gasteiger partial charge < -0.3 is 4.74 Å². The van der Waals surface area contributed by atoms with Crippen LogP contribution in [-0.4, -0.2) is 28.4 Å². The lowest BCUT2D eigenvalue weighted by Gasteiger charge is -2.04. The second-order valence-electron chi connectivity index (χ2n) is 5.84. The van der Waals surface area contributed by atoms with Crippen molar-refractivity contribution in [2.45, 2.75) is 6.92 Å². The van der Waals surface area contributed by atoms with Crippen LogP contribution in [0.1, 0.15) is 15.9 Å². The zero-order valence-electron chi connectivity index (χ0n) is 14.7. The van der Waals surface area contributed by atoms with Crippen molar-refractivity contribution in [1.82, 2.24) is 4.98 Å². The number of hydrogen-bond acceptors (Lipinski definition) is 7. The van der Waals surface area contributed by atoms with Gasteiger partial charge in [-0.1, -0.05) is 35.9 Å². The molecule has 0 radical (unpaired) electrons. The number of ether oxygens (including phenoxy) is 1. The van der Waals surface area contributed by atoms with E-state index in [0.717, 1.165) is 22.9 Å². The molecule has 8 nitrogen and oxygen atoms in total. The summed E-state index contributed by atoms with van der Waals surface area (Å²) in [4.78, 5) is 38.4. The third kappa shape index (κ3) is 4.77. The molecule has 1 amide bonds. The molecule has 0 spiro atoms. The predicted octanol–water partition coefficient (Wildman–Crippen LogP) is 3.82. The Morgan fingerprint density at radius 3 is 2.68 bits per heavy atom. The molecule has 1 heterocycles. The fourth-order valence-corrected chi connectivity index (χ4v) is 3.04. The van der Waals surface area contributed by atoms with Gasteiger partial charge in [0.2, 0.25) is 0 Å². The quantitative estimate of drug-likeness (QED) is 0.384. The summed E-state index contributed by atoms with van der Waals surface area (Å²) in [5, 5.41) is 15.5. The molecule has 1 aromatic heterocycles. The third-order valence-electron chi connectivity index (χ3n) is 3.72. The highest BCUT2D eigenvalue weighted by molar-refractivity contribution is 7.14. The van der Waals surface area contributed by atoms with Gasteiger partial charge in [0.1, 0.15) is 0 Å². The number of anilines is 1. The number of rotatable bonds is 6. The molecule has 0 saturated carbocycles. The van der Waals surface area contributed by atoms with Crippen LogP contribution in [0.5, 0.6) is 0 Å². The molecule has 1 N–H and O–H groups in total. The SMILES string of the molecule is Cc1ccc(-c2csc(NC(=O)COC(=O)c3cccc([N+](=O)[O-])c3)n2)cc1. The number of nitro groups is 1. The first-order chi connectivity index (χ1) is 13.4. The Morgan fingerprint density at radius 1 is 1.21 bits per heavy atom. The summed E-state index contributed by atoms with van der Waals surface area (Å²) in [6, 6.07) is 12.9. The molecule has 0 bridgehead atoms. The summed E-state index contributed by atoms with van der Waals surface area (Å²) in [7, 11) is 0. The van der Waals surface area contributed by atoms with Crippen LogP contribution in [0, 0.1) is 17.0 Å². The van der Waals surface area contributed by atoms with Gasteiger partial charge >= 0.3 is 5.97 Å². The average molecular weight is 397 g/mol. The highest BCUT2D eigenvalue weighted by Gasteiger charge is 2.15. The van der Waals surface area contributed by atoms with Crippen molar-refractivity contribution in [2.24, 2.45) is 0 Å². The Morgan fingerprint density at radius 2 is 1.96 bits per heavy atom. The van der Waals surface area contributed by atoms with Gasteiger partial charge in [-0.25, -0.2) is 9.78 Å². The van der Waals surface area contributed by atoms with Gasteiger partial charge in [-0.3, -0.25) is 20.2 Å². The van der Waals surface area contributed by atoms with Crippen molar-refractivity contribution < 1.29 is 19.2 Å². The van der Waals surface area contributed by atoms with E-state index in [2.05, 4.69) is 10.3 Å². The lowest BCUT2D eigenvalue weighted by atomic mass is 10.1. The molecule has 3 aromatic rings. The Bertz CT molecular complexity index is 1030. The first-order valence-electron chi connectivity index (χ1n) is 8.16. The molecule has 0 atom stereocenters. The van der Waals surface area contributed by atoms with E-state index in [0.29, 0.717) is 5.13 Å². The van der Waals surface area contributed by atoms with Crippen LogP contribution >= 0.6 is 11.3 Å². The molecular formula is C19H15N3O5S. The molecule has 0 fully saturated rings. The Hall–Kier alpha value is -3.59. The molecule has 28 heavy (non-hydrogen) atoms. The van der Waals surface area contributed by atoms with Crippen LogP contribution in [0.15, 0.2) is 53.9 Å². The van der Waals surface area contributed by atoms with Crippen LogP contribution in [0.4, 0.5) is 10.8 Å². The van der Waals surface area contributed by atoms with E-state index in [-0.39, 0.29) is 11.3 Å². The normalized spacial score (nSPS) is 10.3. The average Bonchev–Trinajstić information content (AvgIpc) is 3.15. The highest BCUT2D eigenvalue weighted by atomic mass is 32.1. The number of aromatic nitrogens is 1. The second-order valence-corrected chi connectivity index (χ2v) is 6.69. The minimum absolute atomic E-state index is 0.00194. The number of carbonyl (C=O) groups is 2. The molecule has 0 saturated heterocycles. The van der Waals surface area contributed by atoms with Crippen LogP contribution in [-0.2, 0) is 9.53 Å². The maximum atomic E-state index is 12.0. The fraction of sp³-hybridized carbons (Fsp3) is 0.105. The van der Waals surface area contributed by atoms with Crippen LogP contribution in [0.2, 0.25) is 0 Å². The summed E-state index contributed by atoms with van der Waals surface area (Å²) in [6.45, 7) is 1.46. The number of nitro benzene ring substituents is 1. The maximum Gasteiger partial charge on any atom is 0.338 e. The Kier molecular flexibility index (Phi) is 5.75. The van der Waals surface area contributed by atoms with Gasteiger partial charge in [0.05, 0.1) is 16.2 Å². The molecule has 0 aliphatic carbocycles. The molecule has 3 rings (SSSR count). The zero-order valence-corrected chi connectivity index (χ0v) is 15.6. The predicted molar refractivity (Wildman–Crippen MR) is 104 cm³/mol. The second kappa shape index (κ2) is 8.40. The standard InChI is InChI=1S/C19H15N3O5S/c1-12-5-7-13(8-6-12)16-11-28-19(20-16)21-17(23)10-27-18(24)14-3-2-4-15(9-14)22(25)26/h2-9,11H,10H2,1H3,(H,20,21,23).